The van der Waals surface area contributed by atoms with Crippen LogP contribution in [0.4, 0.5) is 0 Å². The summed E-state index contributed by atoms with van der Waals surface area (Å²) < 4.78 is 11.5. The van der Waals surface area contributed by atoms with Crippen LogP contribution in [-0.2, 0) is 8.85 Å². The van der Waals surface area contributed by atoms with Gasteiger partial charge in [0.05, 0.1) is 0 Å². The Labute approximate surface area is 84.5 Å². The van der Waals surface area contributed by atoms with Gasteiger partial charge in [-0.2, -0.15) is 0 Å². The highest BCUT2D eigenvalue weighted by Gasteiger charge is 2.04. The molecule has 13 heavy (non-hydrogen) atoms. The second-order valence-electron chi connectivity index (χ2n) is 4.30. The summed E-state index contributed by atoms with van der Waals surface area (Å²) >= 11 is 0. The second kappa shape index (κ2) is 6.57. The van der Waals surface area contributed by atoms with Crippen LogP contribution in [0.15, 0.2) is 0 Å². The summed E-state index contributed by atoms with van der Waals surface area (Å²) in [6.07, 6.45) is 0.567. The van der Waals surface area contributed by atoms with Gasteiger partial charge in [-0.3, -0.25) is 0 Å². The zero-order valence-corrected chi connectivity index (χ0v) is 10.8. The number of rotatable bonds is 6. The summed E-state index contributed by atoms with van der Waals surface area (Å²) in [6, 6.07) is 1.07. The molecule has 0 aliphatic heterocycles. The molecule has 0 aromatic heterocycles. The molecule has 0 fully saturated rings. The molecule has 0 bridgehead atoms. The van der Waals surface area contributed by atoms with Gasteiger partial charge in [-0.1, -0.05) is 19.8 Å². The van der Waals surface area contributed by atoms with E-state index in [2.05, 4.69) is 41.5 Å². The van der Waals surface area contributed by atoms with Crippen LogP contribution >= 0.6 is 0 Å². The summed E-state index contributed by atoms with van der Waals surface area (Å²) in [7, 11) is -1.04. The Bertz CT molecular complexity index is 100. The van der Waals surface area contributed by atoms with Crippen LogP contribution in [0.1, 0.15) is 41.5 Å². The lowest BCUT2D eigenvalue weighted by Crippen LogP contribution is -2.30. The van der Waals surface area contributed by atoms with E-state index in [-0.39, 0.29) is 12.2 Å². The van der Waals surface area contributed by atoms with Gasteiger partial charge in [0.25, 0.3) is 0 Å². The number of hydrogen-bond acceptors (Lipinski definition) is 2. The molecule has 0 amide bonds. The zero-order valence-electron chi connectivity index (χ0n) is 9.76. The maximum absolute atomic E-state index is 5.75. The van der Waals surface area contributed by atoms with E-state index >= 15 is 0 Å². The van der Waals surface area contributed by atoms with Crippen molar-refractivity contribution < 1.29 is 8.85 Å². The Morgan fingerprint density at radius 2 is 1.23 bits per heavy atom. The fourth-order valence-corrected chi connectivity index (χ4v) is 2.95. The van der Waals surface area contributed by atoms with E-state index in [0.717, 1.165) is 6.04 Å². The van der Waals surface area contributed by atoms with E-state index in [1.165, 1.54) is 0 Å². The Morgan fingerprint density at radius 3 is 1.46 bits per heavy atom. The van der Waals surface area contributed by atoms with E-state index < -0.39 is 9.28 Å². The smallest absolute Gasteiger partial charge is 0.0379 e. The van der Waals surface area contributed by atoms with Crippen molar-refractivity contribution in [3.8, 4) is 0 Å². The average Bonchev–Trinajstić information content (AvgIpc) is 1.80. The van der Waals surface area contributed by atoms with Gasteiger partial charge in [0.1, 0.15) is 0 Å². The minimum Gasteiger partial charge on any atom is -0.560 e. The SMILES string of the molecule is CC(C)C[Si-](OC(C)C)OC(C)C. The van der Waals surface area contributed by atoms with Gasteiger partial charge in [0, 0.05) is 21.5 Å². The van der Waals surface area contributed by atoms with Gasteiger partial charge in [-0.25, -0.2) is 0 Å². The Hall–Kier alpha value is 0.137. The average molecular weight is 203 g/mol. The standard InChI is InChI=1S/C10H23O2Si/c1-8(2)7-13(11-9(3)4)12-10(5)6/h8-10H,7H2,1-6H3/q-1. The summed E-state index contributed by atoms with van der Waals surface area (Å²) in [5.74, 6) is 0.659. The molecule has 0 saturated carbocycles. The monoisotopic (exact) mass is 203 g/mol. The predicted octanol–water partition coefficient (Wildman–Crippen LogP) is 2.98. The van der Waals surface area contributed by atoms with Crippen LogP contribution in [0.3, 0.4) is 0 Å². The van der Waals surface area contributed by atoms with E-state index in [4.69, 9.17) is 8.85 Å². The summed E-state index contributed by atoms with van der Waals surface area (Å²) in [4.78, 5) is 0. The molecular formula is C10H23O2Si-. The minimum absolute atomic E-state index is 0.284. The molecule has 0 unspecified atom stereocenters. The van der Waals surface area contributed by atoms with Crippen LogP contribution in [0.2, 0.25) is 6.04 Å². The molecule has 0 aromatic carbocycles. The molecule has 0 heterocycles. The quantitative estimate of drug-likeness (QED) is 0.618. The lowest BCUT2D eigenvalue weighted by Gasteiger charge is -2.36. The molecule has 0 radical (unpaired) electrons. The fraction of sp³-hybridized carbons (Fsp3) is 1.00. The molecule has 2 nitrogen and oxygen atoms in total. The first-order valence-electron chi connectivity index (χ1n) is 5.11. The van der Waals surface area contributed by atoms with Crippen LogP contribution < -0.4 is 0 Å². The van der Waals surface area contributed by atoms with Crippen molar-refractivity contribution in [2.75, 3.05) is 0 Å². The molecule has 0 aliphatic carbocycles. The number of hydrogen-bond donors (Lipinski definition) is 0. The van der Waals surface area contributed by atoms with Crippen LogP contribution in [-0.4, -0.2) is 21.5 Å². The van der Waals surface area contributed by atoms with Crippen molar-refractivity contribution >= 4 is 9.28 Å². The molecule has 0 rings (SSSR count). The van der Waals surface area contributed by atoms with E-state index in [9.17, 15) is 0 Å². The van der Waals surface area contributed by atoms with Gasteiger partial charge in [0.15, 0.2) is 0 Å². The summed E-state index contributed by atoms with van der Waals surface area (Å²) in [5.41, 5.74) is 0. The highest BCUT2D eigenvalue weighted by atomic mass is 28.3. The van der Waals surface area contributed by atoms with Gasteiger partial charge in [-0.15, -0.1) is 6.04 Å². The van der Waals surface area contributed by atoms with Crippen molar-refractivity contribution in [3.05, 3.63) is 0 Å². The third-order valence-electron chi connectivity index (χ3n) is 1.31. The van der Waals surface area contributed by atoms with Crippen molar-refractivity contribution in [2.45, 2.75) is 59.8 Å². The van der Waals surface area contributed by atoms with Gasteiger partial charge >= 0.3 is 0 Å². The molecule has 3 heteroatoms. The highest BCUT2D eigenvalue weighted by molar-refractivity contribution is 6.44. The van der Waals surface area contributed by atoms with E-state index in [1.54, 1.807) is 0 Å². The van der Waals surface area contributed by atoms with Gasteiger partial charge in [0.2, 0.25) is 0 Å². The molecule has 0 N–H and O–H groups in total. The Balaban J connectivity index is 3.87. The molecule has 0 saturated heterocycles. The van der Waals surface area contributed by atoms with Crippen LogP contribution in [0.5, 0.6) is 0 Å². The molecule has 0 aliphatic rings. The predicted molar refractivity (Wildman–Crippen MR) is 57.8 cm³/mol. The first-order valence-corrected chi connectivity index (χ1v) is 6.63. The largest absolute Gasteiger partial charge is 0.560 e. The Morgan fingerprint density at radius 1 is 0.846 bits per heavy atom. The normalized spacial score (nSPS) is 12.5. The van der Waals surface area contributed by atoms with Gasteiger partial charge < -0.3 is 8.85 Å². The molecule has 0 spiro atoms. The van der Waals surface area contributed by atoms with Gasteiger partial charge in [-0.05, 0) is 27.7 Å². The maximum atomic E-state index is 5.75. The summed E-state index contributed by atoms with van der Waals surface area (Å²) in [6.45, 7) is 12.7. The lowest BCUT2D eigenvalue weighted by atomic mass is 10.3. The van der Waals surface area contributed by atoms with E-state index in [0.29, 0.717) is 5.92 Å². The lowest BCUT2D eigenvalue weighted by molar-refractivity contribution is 0.127. The van der Waals surface area contributed by atoms with Crippen molar-refractivity contribution in [3.63, 3.8) is 0 Å². The van der Waals surface area contributed by atoms with Crippen molar-refractivity contribution in [1.29, 1.82) is 0 Å². The third-order valence-corrected chi connectivity index (χ3v) is 3.93. The van der Waals surface area contributed by atoms with Crippen LogP contribution in [0, 0.1) is 5.92 Å². The summed E-state index contributed by atoms with van der Waals surface area (Å²) in [5, 5.41) is 0. The van der Waals surface area contributed by atoms with Crippen molar-refractivity contribution in [1.82, 2.24) is 0 Å². The van der Waals surface area contributed by atoms with Crippen molar-refractivity contribution in [2.24, 2.45) is 5.92 Å². The minimum atomic E-state index is -1.04. The molecule has 0 aromatic rings. The topological polar surface area (TPSA) is 18.5 Å². The molecule has 80 valence electrons. The molecular weight excluding hydrogens is 180 g/mol. The first-order chi connectivity index (χ1) is 5.91. The zero-order chi connectivity index (χ0) is 10.4. The van der Waals surface area contributed by atoms with Crippen LogP contribution in [0.25, 0.3) is 0 Å². The maximum Gasteiger partial charge on any atom is 0.0379 e. The molecule has 0 atom stereocenters. The second-order valence-corrected chi connectivity index (χ2v) is 5.93. The first kappa shape index (κ1) is 13.1. The fourth-order valence-electron chi connectivity index (χ4n) is 0.983. The Kier molecular flexibility index (Phi) is 6.64. The van der Waals surface area contributed by atoms with E-state index in [1.807, 2.05) is 0 Å². The third kappa shape index (κ3) is 8.47. The highest BCUT2D eigenvalue weighted by Crippen LogP contribution is 2.11.